The summed E-state index contributed by atoms with van der Waals surface area (Å²) in [6, 6.07) is 13.2. The Kier molecular flexibility index (Phi) is 5.28. The standard InChI is InChI=1S/C22H22ClN3O3/c1-3-29-21(28)13-26-18-7-5-4-6-17(18)24-22(26)15-10-20(27)25(12-15)19-11-16(23)9-8-14(19)2/h4-9,11,15H,3,10,12-13H2,1-2H3/t15-/m1/s1. The molecule has 0 saturated carbocycles. The number of carbonyl (C=O) groups excluding carboxylic acids is 2. The van der Waals surface area contributed by atoms with Gasteiger partial charge in [0.15, 0.2) is 0 Å². The second-order valence-electron chi connectivity index (χ2n) is 7.19. The molecule has 0 N–H and O–H groups in total. The third-order valence-corrected chi connectivity index (χ3v) is 5.46. The van der Waals surface area contributed by atoms with Crippen molar-refractivity contribution in [1.82, 2.24) is 9.55 Å². The molecule has 1 aromatic heterocycles. The highest BCUT2D eigenvalue weighted by molar-refractivity contribution is 6.31. The number of aryl methyl sites for hydroxylation is 1. The molecule has 1 fully saturated rings. The summed E-state index contributed by atoms with van der Waals surface area (Å²) < 4.78 is 7.02. The number of ether oxygens (including phenoxy) is 1. The molecule has 7 heteroatoms. The maximum atomic E-state index is 12.8. The zero-order valence-corrected chi connectivity index (χ0v) is 17.1. The average molecular weight is 412 g/mol. The van der Waals surface area contributed by atoms with Crippen LogP contribution in [0.25, 0.3) is 11.0 Å². The van der Waals surface area contributed by atoms with Crippen molar-refractivity contribution in [1.29, 1.82) is 0 Å². The summed E-state index contributed by atoms with van der Waals surface area (Å²) in [4.78, 5) is 31.5. The fourth-order valence-electron chi connectivity index (χ4n) is 3.89. The lowest BCUT2D eigenvalue weighted by molar-refractivity contribution is -0.143. The highest BCUT2D eigenvalue weighted by atomic mass is 35.5. The van der Waals surface area contributed by atoms with E-state index in [9.17, 15) is 9.59 Å². The Morgan fingerprint density at radius 2 is 2.07 bits per heavy atom. The summed E-state index contributed by atoms with van der Waals surface area (Å²) in [6.07, 6.45) is 0.331. The van der Waals surface area contributed by atoms with Crippen LogP contribution in [0.3, 0.4) is 0 Å². The molecular weight excluding hydrogens is 390 g/mol. The van der Waals surface area contributed by atoms with Crippen LogP contribution < -0.4 is 4.90 Å². The lowest BCUT2D eigenvalue weighted by Crippen LogP contribution is -2.25. The molecule has 150 valence electrons. The number of benzene rings is 2. The van der Waals surface area contributed by atoms with E-state index in [0.29, 0.717) is 24.6 Å². The van der Waals surface area contributed by atoms with Crippen LogP contribution in [0.2, 0.25) is 5.02 Å². The van der Waals surface area contributed by atoms with Crippen LogP contribution in [-0.2, 0) is 20.9 Å². The third kappa shape index (κ3) is 3.72. The molecule has 1 saturated heterocycles. The SMILES string of the molecule is CCOC(=O)Cn1c([C@@H]2CC(=O)N(c3cc(Cl)ccc3C)C2)nc2ccccc21. The van der Waals surface area contributed by atoms with Crippen LogP contribution in [-0.4, -0.2) is 34.6 Å². The van der Waals surface area contributed by atoms with E-state index < -0.39 is 0 Å². The number of anilines is 1. The molecule has 1 aliphatic heterocycles. The smallest absolute Gasteiger partial charge is 0.326 e. The van der Waals surface area contributed by atoms with Gasteiger partial charge >= 0.3 is 5.97 Å². The Bertz CT molecular complexity index is 1090. The number of para-hydroxylation sites is 2. The van der Waals surface area contributed by atoms with Gasteiger partial charge in [-0.2, -0.15) is 0 Å². The second kappa shape index (κ2) is 7.87. The van der Waals surface area contributed by atoms with Gasteiger partial charge in [0.2, 0.25) is 5.91 Å². The highest BCUT2D eigenvalue weighted by Gasteiger charge is 2.35. The lowest BCUT2D eigenvalue weighted by atomic mass is 10.1. The second-order valence-corrected chi connectivity index (χ2v) is 7.62. The number of nitrogens with zero attached hydrogens (tertiary/aromatic N) is 3. The molecule has 2 heterocycles. The van der Waals surface area contributed by atoms with Gasteiger partial charge in [-0.1, -0.05) is 29.8 Å². The number of imidazole rings is 1. The fraction of sp³-hybridized carbons (Fsp3) is 0.318. The van der Waals surface area contributed by atoms with Crippen molar-refractivity contribution in [3.8, 4) is 0 Å². The van der Waals surface area contributed by atoms with Crippen molar-refractivity contribution < 1.29 is 14.3 Å². The first-order chi connectivity index (χ1) is 14.0. The molecular formula is C22H22ClN3O3. The van der Waals surface area contributed by atoms with E-state index in [4.69, 9.17) is 21.3 Å². The van der Waals surface area contributed by atoms with Crippen molar-refractivity contribution in [3.63, 3.8) is 0 Å². The number of rotatable bonds is 5. The minimum Gasteiger partial charge on any atom is -0.465 e. The molecule has 4 rings (SSSR count). The van der Waals surface area contributed by atoms with Gasteiger partial charge in [-0.3, -0.25) is 9.59 Å². The lowest BCUT2D eigenvalue weighted by Gasteiger charge is -2.19. The van der Waals surface area contributed by atoms with Crippen LogP contribution in [0.15, 0.2) is 42.5 Å². The monoisotopic (exact) mass is 411 g/mol. The van der Waals surface area contributed by atoms with Gasteiger partial charge in [0.25, 0.3) is 0 Å². The zero-order valence-electron chi connectivity index (χ0n) is 16.4. The summed E-state index contributed by atoms with van der Waals surface area (Å²) in [5, 5.41) is 0.594. The van der Waals surface area contributed by atoms with E-state index >= 15 is 0 Å². The molecule has 6 nitrogen and oxygen atoms in total. The number of hydrogen-bond donors (Lipinski definition) is 0. The van der Waals surface area contributed by atoms with Gasteiger partial charge < -0.3 is 14.2 Å². The molecule has 0 radical (unpaired) electrons. The van der Waals surface area contributed by atoms with Crippen molar-refractivity contribution in [2.45, 2.75) is 32.7 Å². The summed E-state index contributed by atoms with van der Waals surface area (Å²) in [7, 11) is 0. The first-order valence-electron chi connectivity index (χ1n) is 9.65. The van der Waals surface area contributed by atoms with E-state index in [1.807, 2.05) is 54.0 Å². The van der Waals surface area contributed by atoms with E-state index in [-0.39, 0.29) is 24.3 Å². The summed E-state index contributed by atoms with van der Waals surface area (Å²) in [6.45, 7) is 4.63. The minimum absolute atomic E-state index is 0.0232. The molecule has 1 atom stereocenters. The fourth-order valence-corrected chi connectivity index (χ4v) is 4.06. The summed E-state index contributed by atoms with van der Waals surface area (Å²) >= 11 is 6.16. The third-order valence-electron chi connectivity index (χ3n) is 5.23. The number of hydrogen-bond acceptors (Lipinski definition) is 4. The molecule has 1 aliphatic rings. The predicted molar refractivity (Wildman–Crippen MR) is 112 cm³/mol. The zero-order chi connectivity index (χ0) is 20.5. The Balaban J connectivity index is 1.70. The summed E-state index contributed by atoms with van der Waals surface area (Å²) in [5.74, 6) is 0.316. The molecule has 0 aliphatic carbocycles. The van der Waals surface area contributed by atoms with Gasteiger partial charge in [-0.25, -0.2) is 4.98 Å². The van der Waals surface area contributed by atoms with Crippen molar-refractivity contribution in [2.24, 2.45) is 0 Å². The normalized spacial score (nSPS) is 16.6. The van der Waals surface area contributed by atoms with Crippen LogP contribution in [0.4, 0.5) is 5.69 Å². The molecule has 0 unspecified atom stereocenters. The van der Waals surface area contributed by atoms with E-state index in [0.717, 1.165) is 28.1 Å². The average Bonchev–Trinajstić information content (AvgIpc) is 3.25. The maximum absolute atomic E-state index is 12.8. The molecule has 2 aromatic carbocycles. The predicted octanol–water partition coefficient (Wildman–Crippen LogP) is 4.08. The van der Waals surface area contributed by atoms with Gasteiger partial charge in [0.1, 0.15) is 12.4 Å². The largest absolute Gasteiger partial charge is 0.465 e. The van der Waals surface area contributed by atoms with E-state index in [2.05, 4.69) is 0 Å². The van der Waals surface area contributed by atoms with Gasteiger partial charge in [0.05, 0.1) is 17.6 Å². The maximum Gasteiger partial charge on any atom is 0.326 e. The van der Waals surface area contributed by atoms with Crippen molar-refractivity contribution >= 4 is 40.2 Å². The van der Waals surface area contributed by atoms with Crippen LogP contribution in [0, 0.1) is 6.92 Å². The van der Waals surface area contributed by atoms with Crippen LogP contribution >= 0.6 is 11.6 Å². The number of amides is 1. The highest BCUT2D eigenvalue weighted by Crippen LogP contribution is 2.35. The number of aromatic nitrogens is 2. The number of fused-ring (bicyclic) bond motifs is 1. The first-order valence-corrected chi connectivity index (χ1v) is 10.0. The minimum atomic E-state index is -0.316. The van der Waals surface area contributed by atoms with E-state index in [1.165, 1.54) is 0 Å². The summed E-state index contributed by atoms with van der Waals surface area (Å²) in [5.41, 5.74) is 3.47. The van der Waals surface area contributed by atoms with Gasteiger partial charge in [-0.15, -0.1) is 0 Å². The van der Waals surface area contributed by atoms with Crippen molar-refractivity contribution in [2.75, 3.05) is 18.1 Å². The quantitative estimate of drug-likeness (QED) is 0.593. The first kappa shape index (κ1) is 19.5. The molecule has 29 heavy (non-hydrogen) atoms. The van der Waals surface area contributed by atoms with Gasteiger partial charge in [0, 0.05) is 29.6 Å². The van der Waals surface area contributed by atoms with Crippen molar-refractivity contribution in [3.05, 3.63) is 58.9 Å². The van der Waals surface area contributed by atoms with Crippen LogP contribution in [0.5, 0.6) is 0 Å². The molecule has 0 spiro atoms. The molecule has 1 amide bonds. The topological polar surface area (TPSA) is 64.4 Å². The Hall–Kier alpha value is -2.86. The van der Waals surface area contributed by atoms with E-state index in [1.54, 1.807) is 11.8 Å². The van der Waals surface area contributed by atoms with Crippen LogP contribution in [0.1, 0.15) is 30.7 Å². The van der Waals surface area contributed by atoms with Gasteiger partial charge in [-0.05, 0) is 43.7 Å². The molecule has 3 aromatic rings. The Labute approximate surface area is 174 Å². The Morgan fingerprint density at radius 3 is 2.86 bits per heavy atom. The number of esters is 1. The molecule has 0 bridgehead atoms. The number of carbonyl (C=O) groups is 2. The number of halogens is 1. The Morgan fingerprint density at radius 1 is 1.28 bits per heavy atom.